The zero-order valence-electron chi connectivity index (χ0n) is 4.28. The van der Waals surface area contributed by atoms with Gasteiger partial charge >= 0.3 is 12.1 Å². The molecule has 0 unspecified atom stereocenters. The first-order chi connectivity index (χ1) is 4.22. The molecule has 9 heavy (non-hydrogen) atoms. The van der Waals surface area contributed by atoms with Crippen LogP contribution in [-0.2, 0) is 0 Å². The molecule has 1 heterocycles. The molecule has 0 aliphatic rings. The second-order valence-electron chi connectivity index (χ2n) is 1.31. The molecule has 48 valence electrons. The van der Waals surface area contributed by atoms with Crippen LogP contribution in [0.3, 0.4) is 0 Å². The Labute approximate surface area is 49.3 Å². The second-order valence-corrected chi connectivity index (χ2v) is 1.31. The Morgan fingerprint density at radius 2 is 2.56 bits per heavy atom. The minimum atomic E-state index is -0.998. The van der Waals surface area contributed by atoms with Crippen molar-refractivity contribution in [2.45, 2.75) is 0 Å². The van der Waals surface area contributed by atoms with Crippen LogP contribution in [0, 0.1) is 6.08 Å². The zero-order chi connectivity index (χ0) is 6.85. The van der Waals surface area contributed by atoms with Crippen LogP contribution in [0.25, 0.3) is 0 Å². The Morgan fingerprint density at radius 1 is 1.89 bits per heavy atom. The molecule has 0 atom stereocenters. The average Bonchev–Trinajstić information content (AvgIpc) is 2.13. The largest absolute Gasteiger partial charge is 0.351 e. The molecule has 2 N–H and O–H groups in total. The number of nitrogens with zero attached hydrogens (tertiary/aromatic N) is 3. The highest BCUT2D eigenvalue weighted by Gasteiger charge is 2.04. The molecule has 1 aromatic rings. The summed E-state index contributed by atoms with van der Waals surface area (Å²) in [6, 6.07) is -0.933. The fourth-order valence-corrected chi connectivity index (χ4v) is 0.369. The normalized spacial score (nSPS) is 9.44. The number of halogens is 1. The van der Waals surface area contributed by atoms with Gasteiger partial charge < -0.3 is 5.73 Å². The molecule has 1 amide bonds. The molecule has 0 radical (unpaired) electrons. The molecule has 1 rings (SSSR count). The van der Waals surface area contributed by atoms with Crippen LogP contribution in [0.4, 0.5) is 9.18 Å². The van der Waals surface area contributed by atoms with Crippen LogP contribution >= 0.6 is 0 Å². The quantitative estimate of drug-likeness (QED) is 0.506. The number of amides is 1. The second kappa shape index (κ2) is 1.81. The Hall–Kier alpha value is -1.46. The van der Waals surface area contributed by atoms with Crippen molar-refractivity contribution in [3.63, 3.8) is 0 Å². The van der Waals surface area contributed by atoms with Gasteiger partial charge in [0.25, 0.3) is 0 Å². The Bertz CT molecular complexity index is 231. The van der Waals surface area contributed by atoms with Crippen LogP contribution < -0.4 is 5.73 Å². The van der Waals surface area contributed by atoms with Crippen LogP contribution in [0.2, 0.25) is 0 Å². The maximum atomic E-state index is 12.1. The van der Waals surface area contributed by atoms with Crippen molar-refractivity contribution in [1.29, 1.82) is 0 Å². The van der Waals surface area contributed by atoms with Crippen LogP contribution in [-0.4, -0.2) is 20.8 Å². The maximum Gasteiger partial charge on any atom is 0.327 e. The molecule has 5 nitrogen and oxygen atoms in total. The lowest BCUT2D eigenvalue weighted by molar-refractivity contribution is 0.246. The van der Waals surface area contributed by atoms with Crippen LogP contribution in [0.15, 0.2) is 6.33 Å². The standard InChI is InChI=1S/C3H3FN4O/c4-2-7-6-1-8(2)3(5)9/h1H,(H2,5,9). The van der Waals surface area contributed by atoms with E-state index < -0.39 is 12.1 Å². The van der Waals surface area contributed by atoms with E-state index in [0.29, 0.717) is 4.57 Å². The highest BCUT2D eigenvalue weighted by atomic mass is 19.1. The lowest BCUT2D eigenvalue weighted by atomic mass is 10.9. The summed E-state index contributed by atoms with van der Waals surface area (Å²) in [6.45, 7) is 0. The molecular weight excluding hydrogens is 127 g/mol. The Kier molecular flexibility index (Phi) is 1.14. The van der Waals surface area contributed by atoms with E-state index in [1.54, 1.807) is 0 Å². The summed E-state index contributed by atoms with van der Waals surface area (Å²) in [7, 11) is 0. The average molecular weight is 130 g/mol. The topological polar surface area (TPSA) is 73.8 Å². The van der Waals surface area contributed by atoms with Crippen molar-refractivity contribution < 1.29 is 9.18 Å². The summed E-state index contributed by atoms with van der Waals surface area (Å²) in [6.07, 6.45) is -0.0972. The minimum Gasteiger partial charge on any atom is -0.351 e. The molecule has 0 aliphatic heterocycles. The number of carbonyl (C=O) groups excluding carboxylic acids is 1. The summed E-state index contributed by atoms with van der Waals surface area (Å²) in [5.74, 6) is 0. The number of rotatable bonds is 0. The number of aromatic nitrogens is 3. The van der Waals surface area contributed by atoms with Crippen molar-refractivity contribution in [3.05, 3.63) is 12.4 Å². The van der Waals surface area contributed by atoms with Gasteiger partial charge in [-0.3, -0.25) is 0 Å². The van der Waals surface area contributed by atoms with Gasteiger partial charge in [0.2, 0.25) is 0 Å². The fraction of sp³-hybridized carbons (Fsp3) is 0. The summed E-state index contributed by atoms with van der Waals surface area (Å²) in [5, 5.41) is 5.96. The third kappa shape index (κ3) is 0.857. The van der Waals surface area contributed by atoms with Gasteiger partial charge in [-0.2, -0.15) is 4.39 Å². The number of hydrogen-bond donors (Lipinski definition) is 1. The lowest BCUT2D eigenvalue weighted by Crippen LogP contribution is -2.20. The first-order valence-electron chi connectivity index (χ1n) is 2.07. The molecule has 0 aliphatic carbocycles. The van der Waals surface area contributed by atoms with Crippen molar-refractivity contribution in [3.8, 4) is 0 Å². The number of primary amides is 1. The molecule has 6 heteroatoms. The number of carbonyl (C=O) groups is 1. The van der Waals surface area contributed by atoms with Gasteiger partial charge in [0.05, 0.1) is 0 Å². The van der Waals surface area contributed by atoms with Crippen LogP contribution in [0.1, 0.15) is 0 Å². The smallest absolute Gasteiger partial charge is 0.327 e. The van der Waals surface area contributed by atoms with E-state index >= 15 is 0 Å². The van der Waals surface area contributed by atoms with Crippen LogP contribution in [0.5, 0.6) is 0 Å². The third-order valence-corrected chi connectivity index (χ3v) is 0.744. The van der Waals surface area contributed by atoms with E-state index in [0.717, 1.165) is 6.33 Å². The van der Waals surface area contributed by atoms with E-state index in [2.05, 4.69) is 15.9 Å². The molecule has 0 aromatic carbocycles. The molecule has 0 spiro atoms. The van der Waals surface area contributed by atoms with E-state index in [4.69, 9.17) is 0 Å². The summed E-state index contributed by atoms with van der Waals surface area (Å²) in [5.41, 5.74) is 4.66. The maximum absolute atomic E-state index is 12.1. The monoisotopic (exact) mass is 130 g/mol. The third-order valence-electron chi connectivity index (χ3n) is 0.744. The Morgan fingerprint density at radius 3 is 2.78 bits per heavy atom. The fourth-order valence-electron chi connectivity index (χ4n) is 0.369. The number of nitrogens with two attached hydrogens (primary N) is 1. The van der Waals surface area contributed by atoms with E-state index in [9.17, 15) is 9.18 Å². The molecule has 0 bridgehead atoms. The molecular formula is C3H3FN4O. The summed E-state index contributed by atoms with van der Waals surface area (Å²) >= 11 is 0. The van der Waals surface area contributed by atoms with Gasteiger partial charge in [0, 0.05) is 0 Å². The zero-order valence-corrected chi connectivity index (χ0v) is 4.28. The van der Waals surface area contributed by atoms with Gasteiger partial charge in [0.1, 0.15) is 6.33 Å². The summed E-state index contributed by atoms with van der Waals surface area (Å²) < 4.78 is 12.6. The molecule has 0 fully saturated rings. The van der Waals surface area contributed by atoms with Crippen molar-refractivity contribution in [1.82, 2.24) is 14.8 Å². The first-order valence-corrected chi connectivity index (χ1v) is 2.07. The lowest BCUT2D eigenvalue weighted by Gasteiger charge is -1.88. The van der Waals surface area contributed by atoms with Gasteiger partial charge in [-0.25, -0.2) is 9.36 Å². The van der Waals surface area contributed by atoms with Crippen molar-refractivity contribution in [2.24, 2.45) is 5.73 Å². The SMILES string of the molecule is NC(=O)n1cnnc1F. The van der Waals surface area contributed by atoms with Gasteiger partial charge in [-0.15, -0.1) is 5.10 Å². The van der Waals surface area contributed by atoms with Crippen molar-refractivity contribution >= 4 is 6.03 Å². The first kappa shape index (κ1) is 5.67. The van der Waals surface area contributed by atoms with E-state index in [-0.39, 0.29) is 0 Å². The predicted molar refractivity (Wildman–Crippen MR) is 25.0 cm³/mol. The van der Waals surface area contributed by atoms with E-state index in [1.807, 2.05) is 0 Å². The summed E-state index contributed by atoms with van der Waals surface area (Å²) in [4.78, 5) is 10.1. The highest BCUT2D eigenvalue weighted by molar-refractivity contribution is 5.74. The minimum absolute atomic E-state index is 0.500. The van der Waals surface area contributed by atoms with Crippen molar-refractivity contribution in [2.75, 3.05) is 0 Å². The molecule has 0 saturated heterocycles. The molecule has 0 saturated carbocycles. The molecule has 1 aromatic heterocycles. The number of hydrogen-bond acceptors (Lipinski definition) is 3. The predicted octanol–water partition coefficient (Wildman–Crippen LogP) is -0.656. The Balaban J connectivity index is 3.08. The van der Waals surface area contributed by atoms with Gasteiger partial charge in [0.15, 0.2) is 0 Å². The van der Waals surface area contributed by atoms with Gasteiger partial charge in [-0.05, 0) is 0 Å². The highest BCUT2D eigenvalue weighted by Crippen LogP contribution is 1.87. The van der Waals surface area contributed by atoms with E-state index in [1.165, 1.54) is 0 Å². The van der Waals surface area contributed by atoms with Gasteiger partial charge in [-0.1, -0.05) is 5.10 Å².